The summed E-state index contributed by atoms with van der Waals surface area (Å²) in [6, 6.07) is 9.05. The molecule has 0 unspecified atom stereocenters. The molecule has 2 aromatic carbocycles. The Balaban J connectivity index is 2.07. The maximum absolute atomic E-state index is 13.2. The fourth-order valence-electron chi connectivity index (χ4n) is 2.64. The number of benzene rings is 2. The van der Waals surface area contributed by atoms with Crippen LogP contribution in [0.15, 0.2) is 50.7 Å². The van der Waals surface area contributed by atoms with Crippen molar-refractivity contribution in [3.63, 3.8) is 0 Å². The van der Waals surface area contributed by atoms with Gasteiger partial charge in [-0.2, -0.15) is 5.10 Å². The van der Waals surface area contributed by atoms with Gasteiger partial charge in [-0.3, -0.25) is 5.43 Å². The van der Waals surface area contributed by atoms with Crippen LogP contribution >= 0.6 is 0 Å². The molecule has 0 atom stereocenters. The second-order valence-corrected chi connectivity index (χ2v) is 5.84. The minimum Gasteiger partial charge on any atom is -0.507 e. The number of hydrogen-bond acceptors (Lipinski definition) is 5. The first kappa shape index (κ1) is 16.7. The van der Waals surface area contributed by atoms with Gasteiger partial charge in [0, 0.05) is 22.6 Å². The summed E-state index contributed by atoms with van der Waals surface area (Å²) >= 11 is 0. The van der Waals surface area contributed by atoms with Gasteiger partial charge in [0.05, 0.1) is 11.4 Å². The van der Waals surface area contributed by atoms with Gasteiger partial charge < -0.3 is 9.52 Å². The van der Waals surface area contributed by atoms with E-state index in [0.29, 0.717) is 28.1 Å². The Morgan fingerprint density at radius 2 is 2.00 bits per heavy atom. The standard InChI is InChI=1S/C19H17FN2O3/c1-10-7-17(23)25-19-11(2)18(24)16(9-15(10)19)12(3)21-22-14-6-4-5-13(20)8-14/h4-9,22,24H,1-3H3/b21-12-. The second kappa shape index (κ2) is 6.39. The molecule has 128 valence electrons. The van der Waals surface area contributed by atoms with Crippen LogP contribution in [-0.4, -0.2) is 10.8 Å². The van der Waals surface area contributed by atoms with E-state index in [9.17, 15) is 14.3 Å². The molecule has 6 heteroatoms. The van der Waals surface area contributed by atoms with E-state index in [-0.39, 0.29) is 11.6 Å². The first-order valence-electron chi connectivity index (χ1n) is 7.70. The lowest BCUT2D eigenvalue weighted by Crippen LogP contribution is -2.04. The van der Waals surface area contributed by atoms with Crippen LogP contribution in [0.5, 0.6) is 5.75 Å². The predicted molar refractivity (Wildman–Crippen MR) is 95.9 cm³/mol. The lowest BCUT2D eigenvalue weighted by Gasteiger charge is -2.11. The summed E-state index contributed by atoms with van der Waals surface area (Å²) in [4.78, 5) is 11.6. The van der Waals surface area contributed by atoms with E-state index in [0.717, 1.165) is 10.9 Å². The van der Waals surface area contributed by atoms with Crippen LogP contribution in [-0.2, 0) is 0 Å². The first-order valence-corrected chi connectivity index (χ1v) is 7.70. The molecule has 0 aliphatic carbocycles. The van der Waals surface area contributed by atoms with Crippen molar-refractivity contribution in [2.45, 2.75) is 20.8 Å². The number of rotatable bonds is 3. The molecule has 0 bridgehead atoms. The van der Waals surface area contributed by atoms with Gasteiger partial charge in [-0.05, 0) is 50.6 Å². The zero-order valence-corrected chi connectivity index (χ0v) is 14.1. The van der Waals surface area contributed by atoms with Crippen LogP contribution in [0.2, 0.25) is 0 Å². The quantitative estimate of drug-likeness (QED) is 0.428. The minimum absolute atomic E-state index is 0.0106. The molecule has 0 radical (unpaired) electrons. The predicted octanol–water partition coefficient (Wildman–Crippen LogP) is 4.09. The highest BCUT2D eigenvalue weighted by molar-refractivity contribution is 6.05. The molecule has 3 rings (SSSR count). The average molecular weight is 340 g/mol. The van der Waals surface area contributed by atoms with Gasteiger partial charge in [0.1, 0.15) is 17.1 Å². The topological polar surface area (TPSA) is 74.8 Å². The van der Waals surface area contributed by atoms with Gasteiger partial charge in [0.2, 0.25) is 0 Å². The summed E-state index contributed by atoms with van der Waals surface area (Å²) in [7, 11) is 0. The molecule has 5 nitrogen and oxygen atoms in total. The lowest BCUT2D eigenvalue weighted by atomic mass is 10.00. The summed E-state index contributed by atoms with van der Waals surface area (Å²) in [6.07, 6.45) is 0. The molecule has 0 aliphatic heterocycles. The van der Waals surface area contributed by atoms with Crippen molar-refractivity contribution in [1.29, 1.82) is 0 Å². The normalized spacial score (nSPS) is 11.8. The van der Waals surface area contributed by atoms with Crippen molar-refractivity contribution in [1.82, 2.24) is 0 Å². The highest BCUT2D eigenvalue weighted by Crippen LogP contribution is 2.32. The second-order valence-electron chi connectivity index (χ2n) is 5.84. The highest BCUT2D eigenvalue weighted by atomic mass is 19.1. The Morgan fingerprint density at radius 1 is 1.24 bits per heavy atom. The molecule has 0 aliphatic rings. The number of nitrogens with one attached hydrogen (secondary N) is 1. The number of phenolic OH excluding ortho intramolecular Hbond substituents is 1. The monoisotopic (exact) mass is 340 g/mol. The molecular formula is C19H17FN2O3. The SMILES string of the molecule is C/C(=N/Nc1cccc(F)c1)c1cc2c(C)cc(=O)oc2c(C)c1O. The first-order chi connectivity index (χ1) is 11.9. The molecule has 0 saturated heterocycles. The van der Waals surface area contributed by atoms with Crippen LogP contribution in [0, 0.1) is 19.7 Å². The van der Waals surface area contributed by atoms with Crippen molar-refractivity contribution in [3.8, 4) is 5.75 Å². The van der Waals surface area contributed by atoms with Crippen LogP contribution in [0.25, 0.3) is 11.0 Å². The van der Waals surface area contributed by atoms with Crippen molar-refractivity contribution >= 4 is 22.4 Å². The molecule has 0 amide bonds. The van der Waals surface area contributed by atoms with E-state index in [1.54, 1.807) is 39.0 Å². The van der Waals surface area contributed by atoms with Crippen molar-refractivity contribution in [3.05, 3.63) is 69.3 Å². The third-order valence-electron chi connectivity index (χ3n) is 4.01. The van der Waals surface area contributed by atoms with Crippen LogP contribution in [0.4, 0.5) is 10.1 Å². The number of aryl methyl sites for hydroxylation is 2. The van der Waals surface area contributed by atoms with Crippen molar-refractivity contribution in [2.24, 2.45) is 5.10 Å². The summed E-state index contributed by atoms with van der Waals surface area (Å²) in [6.45, 7) is 5.20. The molecule has 1 aromatic heterocycles. The largest absolute Gasteiger partial charge is 0.507 e. The molecule has 2 N–H and O–H groups in total. The molecule has 3 aromatic rings. The maximum Gasteiger partial charge on any atom is 0.336 e. The van der Waals surface area contributed by atoms with Gasteiger partial charge in [-0.15, -0.1) is 0 Å². The smallest absolute Gasteiger partial charge is 0.336 e. The molecular weight excluding hydrogens is 323 g/mol. The third-order valence-corrected chi connectivity index (χ3v) is 4.01. The minimum atomic E-state index is -0.460. The Labute approximate surface area is 143 Å². The Kier molecular flexibility index (Phi) is 4.27. The van der Waals surface area contributed by atoms with Crippen LogP contribution in [0.1, 0.15) is 23.6 Å². The van der Waals surface area contributed by atoms with Gasteiger partial charge in [-0.25, -0.2) is 9.18 Å². The number of hydrogen-bond donors (Lipinski definition) is 2. The number of anilines is 1. The Morgan fingerprint density at radius 3 is 2.72 bits per heavy atom. The lowest BCUT2D eigenvalue weighted by molar-refractivity contribution is 0.467. The summed E-state index contributed by atoms with van der Waals surface area (Å²) in [5.41, 5.74) is 5.40. The van der Waals surface area contributed by atoms with E-state index >= 15 is 0 Å². The number of hydrazone groups is 1. The molecule has 0 spiro atoms. The number of fused-ring (bicyclic) bond motifs is 1. The summed E-state index contributed by atoms with van der Waals surface area (Å²) in [5, 5.41) is 15.4. The van der Waals surface area contributed by atoms with Gasteiger partial charge in [-0.1, -0.05) is 6.07 Å². The van der Waals surface area contributed by atoms with Gasteiger partial charge in [0.15, 0.2) is 0 Å². The zero-order valence-electron chi connectivity index (χ0n) is 14.1. The number of phenols is 1. The zero-order chi connectivity index (χ0) is 18.1. The number of aromatic hydroxyl groups is 1. The van der Waals surface area contributed by atoms with Crippen LogP contribution in [0.3, 0.4) is 0 Å². The molecule has 1 heterocycles. The summed E-state index contributed by atoms with van der Waals surface area (Å²) in [5.74, 6) is -0.378. The number of halogens is 1. The van der Waals surface area contributed by atoms with E-state index < -0.39 is 5.63 Å². The van der Waals surface area contributed by atoms with Crippen LogP contribution < -0.4 is 11.1 Å². The highest BCUT2D eigenvalue weighted by Gasteiger charge is 2.15. The summed E-state index contributed by atoms with van der Waals surface area (Å²) < 4.78 is 18.4. The Bertz CT molecular complexity index is 1050. The Hall–Kier alpha value is -3.15. The average Bonchev–Trinajstić information content (AvgIpc) is 2.56. The fraction of sp³-hybridized carbons (Fsp3) is 0.158. The molecule has 0 saturated carbocycles. The van der Waals surface area contributed by atoms with E-state index in [1.165, 1.54) is 18.2 Å². The van der Waals surface area contributed by atoms with E-state index in [1.807, 2.05) is 0 Å². The third kappa shape index (κ3) is 3.24. The van der Waals surface area contributed by atoms with Crippen molar-refractivity contribution in [2.75, 3.05) is 5.43 Å². The van der Waals surface area contributed by atoms with Gasteiger partial charge in [0.25, 0.3) is 0 Å². The molecule has 0 fully saturated rings. The van der Waals surface area contributed by atoms with E-state index in [4.69, 9.17) is 4.42 Å². The van der Waals surface area contributed by atoms with E-state index in [2.05, 4.69) is 10.5 Å². The van der Waals surface area contributed by atoms with Crippen molar-refractivity contribution < 1.29 is 13.9 Å². The number of nitrogens with zero attached hydrogens (tertiary/aromatic N) is 1. The molecule has 25 heavy (non-hydrogen) atoms. The van der Waals surface area contributed by atoms with Gasteiger partial charge >= 0.3 is 5.63 Å². The maximum atomic E-state index is 13.2. The fourth-order valence-corrected chi connectivity index (χ4v) is 2.64.